The monoisotopic (exact) mass is 192 g/mol. The van der Waals surface area contributed by atoms with Gasteiger partial charge in [-0.25, -0.2) is 0 Å². The predicted octanol–water partition coefficient (Wildman–Crippen LogP) is 1.00. The van der Waals surface area contributed by atoms with Gasteiger partial charge in [0, 0.05) is 26.0 Å². The van der Waals surface area contributed by atoms with Gasteiger partial charge in [-0.1, -0.05) is 0 Å². The van der Waals surface area contributed by atoms with Crippen LogP contribution in [-0.4, -0.2) is 11.6 Å². The Hall–Kier alpha value is -1.51. The largest absolute Gasteiger partial charge is 0.292 e. The van der Waals surface area contributed by atoms with Crippen LogP contribution in [0.2, 0.25) is 0 Å². The van der Waals surface area contributed by atoms with Crippen LogP contribution in [0.3, 0.4) is 0 Å². The summed E-state index contributed by atoms with van der Waals surface area (Å²) in [7, 11) is 0. The van der Waals surface area contributed by atoms with E-state index in [9.17, 15) is 9.59 Å². The van der Waals surface area contributed by atoms with Gasteiger partial charge in [-0.2, -0.15) is 4.57 Å². The third kappa shape index (κ3) is 2.25. The number of pyridine rings is 1. The van der Waals surface area contributed by atoms with Crippen LogP contribution in [0.1, 0.15) is 25.5 Å². The van der Waals surface area contributed by atoms with Crippen LogP contribution >= 0.6 is 0 Å². The van der Waals surface area contributed by atoms with Crippen molar-refractivity contribution in [3.05, 3.63) is 30.1 Å². The Morgan fingerprint density at radius 3 is 1.93 bits per heavy atom. The third-order valence-electron chi connectivity index (χ3n) is 2.09. The fourth-order valence-electron chi connectivity index (χ4n) is 1.39. The molecule has 0 atom stereocenters. The molecule has 0 fully saturated rings. The summed E-state index contributed by atoms with van der Waals surface area (Å²) in [6, 6.07) is 3.08. The Kier molecular flexibility index (Phi) is 3.12. The molecule has 1 heterocycles. The van der Waals surface area contributed by atoms with E-state index >= 15 is 0 Å². The lowest BCUT2D eigenvalue weighted by atomic mass is 10.1. The number of aryl methyl sites for hydroxylation is 1. The zero-order chi connectivity index (χ0) is 10.7. The van der Waals surface area contributed by atoms with Crippen LogP contribution in [0.5, 0.6) is 0 Å². The number of carbonyl (C=O) groups excluding carboxylic acids is 2. The average Bonchev–Trinajstić information content (AvgIpc) is 2.07. The van der Waals surface area contributed by atoms with Crippen LogP contribution in [0.25, 0.3) is 0 Å². The second-order valence-electron chi connectivity index (χ2n) is 3.45. The van der Waals surface area contributed by atoms with Crippen molar-refractivity contribution in [2.45, 2.75) is 26.8 Å². The zero-order valence-electron chi connectivity index (χ0n) is 8.65. The van der Waals surface area contributed by atoms with Crippen molar-refractivity contribution in [3.8, 4) is 0 Å². The number of carbonyl (C=O) groups is 2. The van der Waals surface area contributed by atoms with Crippen molar-refractivity contribution >= 4 is 11.6 Å². The highest BCUT2D eigenvalue weighted by Gasteiger charge is 2.28. The molecule has 0 saturated carbocycles. The molecule has 0 bridgehead atoms. The molecule has 0 aliphatic rings. The fourth-order valence-corrected chi connectivity index (χ4v) is 1.39. The Morgan fingerprint density at radius 2 is 1.57 bits per heavy atom. The van der Waals surface area contributed by atoms with Crippen LogP contribution in [0.15, 0.2) is 24.5 Å². The van der Waals surface area contributed by atoms with E-state index < -0.39 is 6.04 Å². The van der Waals surface area contributed by atoms with E-state index in [4.69, 9.17) is 0 Å². The Bertz CT molecular complexity index is 340. The first kappa shape index (κ1) is 10.6. The fraction of sp³-hybridized carbons (Fsp3) is 0.364. The first-order valence-electron chi connectivity index (χ1n) is 4.50. The molecule has 14 heavy (non-hydrogen) atoms. The molecule has 1 aromatic rings. The Labute approximate surface area is 83.4 Å². The second kappa shape index (κ2) is 4.13. The molecule has 0 aliphatic heterocycles. The summed E-state index contributed by atoms with van der Waals surface area (Å²) in [5.41, 5.74) is 1.10. The van der Waals surface area contributed by atoms with Crippen molar-refractivity contribution in [3.63, 3.8) is 0 Å². The molecular weight excluding hydrogens is 178 g/mol. The molecule has 0 radical (unpaired) electrons. The van der Waals surface area contributed by atoms with Gasteiger partial charge >= 0.3 is 0 Å². The van der Waals surface area contributed by atoms with E-state index in [1.165, 1.54) is 13.8 Å². The lowest BCUT2D eigenvalue weighted by molar-refractivity contribution is -0.695. The molecule has 0 aromatic carbocycles. The van der Waals surface area contributed by atoms with Gasteiger partial charge in [0.05, 0.1) is 0 Å². The molecule has 0 spiro atoms. The molecule has 0 unspecified atom stereocenters. The highest BCUT2D eigenvalue weighted by molar-refractivity contribution is 6.00. The minimum atomic E-state index is -0.671. The molecule has 74 valence electrons. The van der Waals surface area contributed by atoms with E-state index in [0.29, 0.717) is 0 Å². The first-order chi connectivity index (χ1) is 6.52. The van der Waals surface area contributed by atoms with Gasteiger partial charge in [0.2, 0.25) is 11.6 Å². The molecule has 1 aromatic heterocycles. The van der Waals surface area contributed by atoms with Crippen molar-refractivity contribution in [2.24, 2.45) is 0 Å². The molecule has 1 rings (SSSR count). The highest BCUT2D eigenvalue weighted by Crippen LogP contribution is 2.00. The van der Waals surface area contributed by atoms with Gasteiger partial charge in [-0.3, -0.25) is 9.59 Å². The minimum Gasteiger partial charge on any atom is -0.292 e. The van der Waals surface area contributed by atoms with Crippen molar-refractivity contribution in [1.29, 1.82) is 0 Å². The minimum absolute atomic E-state index is 0.133. The number of hydrogen-bond acceptors (Lipinski definition) is 2. The van der Waals surface area contributed by atoms with Gasteiger partial charge in [0.15, 0.2) is 12.4 Å². The van der Waals surface area contributed by atoms with Crippen LogP contribution in [0.4, 0.5) is 0 Å². The van der Waals surface area contributed by atoms with Gasteiger partial charge in [0.1, 0.15) is 0 Å². The van der Waals surface area contributed by atoms with Gasteiger partial charge in [0.25, 0.3) is 6.04 Å². The number of hydrogen-bond donors (Lipinski definition) is 0. The first-order valence-corrected chi connectivity index (χ1v) is 4.50. The summed E-state index contributed by atoms with van der Waals surface area (Å²) in [5, 5.41) is 0. The summed E-state index contributed by atoms with van der Waals surface area (Å²) >= 11 is 0. The summed E-state index contributed by atoms with van der Waals surface area (Å²) in [6.45, 7) is 4.82. The predicted molar refractivity (Wildman–Crippen MR) is 51.8 cm³/mol. The number of rotatable bonds is 3. The van der Waals surface area contributed by atoms with Crippen LogP contribution < -0.4 is 4.57 Å². The number of aromatic nitrogens is 1. The maximum Gasteiger partial charge on any atom is 0.273 e. The van der Waals surface area contributed by atoms with Crippen LogP contribution in [0, 0.1) is 6.92 Å². The van der Waals surface area contributed by atoms with E-state index in [2.05, 4.69) is 0 Å². The highest BCUT2D eigenvalue weighted by atomic mass is 16.2. The van der Waals surface area contributed by atoms with Crippen molar-refractivity contribution in [2.75, 3.05) is 0 Å². The normalized spacial score (nSPS) is 10.3. The van der Waals surface area contributed by atoms with E-state index in [1.54, 1.807) is 17.0 Å². The van der Waals surface area contributed by atoms with Crippen LogP contribution in [-0.2, 0) is 9.59 Å². The number of Topliss-reactive ketones (excluding diaryl/α,β-unsaturated/α-hetero) is 2. The number of nitrogens with zero attached hydrogens (tertiary/aromatic N) is 1. The smallest absolute Gasteiger partial charge is 0.273 e. The summed E-state index contributed by atoms with van der Waals surface area (Å²) < 4.78 is 1.64. The molecule has 0 amide bonds. The second-order valence-corrected chi connectivity index (χ2v) is 3.45. The molecule has 3 heteroatoms. The van der Waals surface area contributed by atoms with E-state index in [1.807, 2.05) is 19.1 Å². The third-order valence-corrected chi connectivity index (χ3v) is 2.09. The lowest BCUT2D eigenvalue weighted by Gasteiger charge is -2.04. The molecule has 0 N–H and O–H groups in total. The van der Waals surface area contributed by atoms with Gasteiger partial charge < -0.3 is 0 Å². The molecule has 0 saturated heterocycles. The quantitative estimate of drug-likeness (QED) is 0.529. The van der Waals surface area contributed by atoms with Crippen molar-refractivity contribution in [1.82, 2.24) is 0 Å². The maximum absolute atomic E-state index is 11.2. The van der Waals surface area contributed by atoms with Gasteiger partial charge in [-0.15, -0.1) is 0 Å². The lowest BCUT2D eigenvalue weighted by Crippen LogP contribution is -2.46. The SMILES string of the molecule is CC(=O)C(C(C)=O)[n+]1ccc(C)cc1. The standard InChI is InChI=1S/C11H14NO2/c1-8-4-6-12(7-5-8)11(9(2)13)10(3)14/h4-7,11H,1-3H3/q+1. The van der Waals surface area contributed by atoms with Crippen molar-refractivity contribution < 1.29 is 14.2 Å². The Balaban J connectivity index is 3.06. The summed E-state index contributed by atoms with van der Waals surface area (Å²) in [4.78, 5) is 22.5. The summed E-state index contributed by atoms with van der Waals surface area (Å²) in [6.07, 6.45) is 3.51. The zero-order valence-corrected chi connectivity index (χ0v) is 8.65. The summed E-state index contributed by atoms with van der Waals surface area (Å²) in [5.74, 6) is -0.266. The van der Waals surface area contributed by atoms with Gasteiger partial charge in [-0.05, 0) is 12.5 Å². The topological polar surface area (TPSA) is 38.0 Å². The molecule has 3 nitrogen and oxygen atoms in total. The van der Waals surface area contributed by atoms with E-state index in [-0.39, 0.29) is 11.6 Å². The van der Waals surface area contributed by atoms with E-state index in [0.717, 1.165) is 5.56 Å². The Morgan fingerprint density at radius 1 is 1.14 bits per heavy atom. The molecular formula is C11H14NO2+. The number of ketones is 2. The average molecular weight is 192 g/mol. The maximum atomic E-state index is 11.2. The molecule has 0 aliphatic carbocycles.